The summed E-state index contributed by atoms with van der Waals surface area (Å²) in [5.74, 6) is 3.86. The van der Waals surface area contributed by atoms with E-state index in [9.17, 15) is 4.79 Å². The molecule has 0 aromatic heterocycles. The van der Waals surface area contributed by atoms with Crippen molar-refractivity contribution < 1.29 is 19.0 Å². The summed E-state index contributed by atoms with van der Waals surface area (Å²) < 4.78 is 18.1. The van der Waals surface area contributed by atoms with Gasteiger partial charge in [0.25, 0.3) is 5.91 Å². The lowest BCUT2D eigenvalue weighted by Crippen LogP contribution is -2.24. The number of thioether (sulfide) groups is 2. The van der Waals surface area contributed by atoms with Crippen LogP contribution in [-0.4, -0.2) is 36.8 Å². The number of nitrogens with zero attached hydrogens (tertiary/aromatic N) is 1. The van der Waals surface area contributed by atoms with Gasteiger partial charge in [-0.3, -0.25) is 4.79 Å². The second kappa shape index (κ2) is 14.9. The third-order valence-corrected chi connectivity index (χ3v) is 9.17. The summed E-state index contributed by atoms with van der Waals surface area (Å²) in [4.78, 5) is 12.3. The topological polar surface area (TPSA) is 69.2 Å². The maximum Gasteiger partial charge on any atom is 0.277 e. The summed E-state index contributed by atoms with van der Waals surface area (Å²) in [5.41, 5.74) is 6.30. The Bertz CT molecular complexity index is 1290. The first-order valence-corrected chi connectivity index (χ1v) is 15.1. The lowest BCUT2D eigenvalue weighted by molar-refractivity contribution is -0.123. The van der Waals surface area contributed by atoms with E-state index in [0.29, 0.717) is 46.5 Å². The molecule has 4 rings (SSSR count). The number of halogens is 1. The van der Waals surface area contributed by atoms with Gasteiger partial charge in [0.15, 0.2) is 18.1 Å². The van der Waals surface area contributed by atoms with Gasteiger partial charge in [0.05, 0.1) is 17.4 Å². The molecule has 1 heterocycles. The Hall–Kier alpha value is -3.07. The monoisotopic (exact) mass is 582 g/mol. The lowest BCUT2D eigenvalue weighted by atomic mass is 10.1. The van der Waals surface area contributed by atoms with Gasteiger partial charge in [0.2, 0.25) is 0 Å². The molecule has 1 aliphatic heterocycles. The summed E-state index contributed by atoms with van der Waals surface area (Å²) in [6.45, 7) is 6.40. The van der Waals surface area contributed by atoms with Crippen LogP contribution in [0.4, 0.5) is 0 Å². The minimum absolute atomic E-state index is 0.135. The number of nitrogens with one attached hydrogen (secondary N) is 1. The zero-order valence-electron chi connectivity index (χ0n) is 21.7. The van der Waals surface area contributed by atoms with Crippen LogP contribution in [0, 0.1) is 0 Å². The van der Waals surface area contributed by atoms with Crippen LogP contribution < -0.4 is 19.6 Å². The number of hydrazone groups is 1. The van der Waals surface area contributed by atoms with Gasteiger partial charge in [-0.25, -0.2) is 5.43 Å². The van der Waals surface area contributed by atoms with Gasteiger partial charge in [0, 0.05) is 27.7 Å². The van der Waals surface area contributed by atoms with Crippen LogP contribution in [0.3, 0.4) is 0 Å². The minimum atomic E-state index is -0.353. The molecule has 3 aromatic carbocycles. The second-order valence-electron chi connectivity index (χ2n) is 8.54. The first kappa shape index (κ1) is 28.9. The molecule has 204 valence electrons. The number of amides is 1. The number of allylic oxidation sites excluding steroid dienone is 1. The van der Waals surface area contributed by atoms with Crippen molar-refractivity contribution in [3.63, 3.8) is 0 Å². The van der Waals surface area contributed by atoms with Crippen molar-refractivity contribution >= 4 is 47.2 Å². The molecule has 1 fully saturated rings. The Labute approximate surface area is 243 Å². The fourth-order valence-electron chi connectivity index (χ4n) is 3.89. The van der Waals surface area contributed by atoms with Gasteiger partial charge >= 0.3 is 0 Å². The zero-order chi connectivity index (χ0) is 27.5. The van der Waals surface area contributed by atoms with E-state index in [4.69, 9.17) is 25.8 Å². The summed E-state index contributed by atoms with van der Waals surface area (Å²) in [5, 5.41) is 4.75. The highest BCUT2D eigenvalue weighted by molar-refractivity contribution is 8.19. The molecule has 0 radical (unpaired) electrons. The average molecular weight is 583 g/mol. The number of ether oxygens (including phenoxy) is 3. The standard InChI is InChI=1S/C30H31ClN2O4S2/c1-3-7-23-16-21(17-27(35-4-2)29(23)37-19-24-8-5-6-9-26(24)31)18-32-33-28(34)20-36-25-12-10-22(11-13-25)30-38-14-15-39-30/h3,5-6,8-13,16-18,30H,1,4,7,14-15,19-20H2,2H3,(H,33,34)/b32-18-. The number of hydrogen-bond donors (Lipinski definition) is 1. The fourth-order valence-corrected chi connectivity index (χ4v) is 6.94. The number of benzene rings is 3. The predicted molar refractivity (Wildman–Crippen MR) is 163 cm³/mol. The highest BCUT2D eigenvalue weighted by Crippen LogP contribution is 2.45. The number of hydrogen-bond acceptors (Lipinski definition) is 7. The molecular formula is C30H31ClN2O4S2. The summed E-state index contributed by atoms with van der Waals surface area (Å²) >= 11 is 10.2. The molecule has 1 aliphatic rings. The Kier molecular flexibility index (Phi) is 11.1. The van der Waals surface area contributed by atoms with Gasteiger partial charge in [-0.2, -0.15) is 5.10 Å². The van der Waals surface area contributed by atoms with Gasteiger partial charge in [-0.05, 0) is 54.8 Å². The normalized spacial score (nSPS) is 13.4. The largest absolute Gasteiger partial charge is 0.490 e. The number of carbonyl (C=O) groups is 1. The lowest BCUT2D eigenvalue weighted by Gasteiger charge is -2.17. The Morgan fingerprint density at radius 1 is 1.08 bits per heavy atom. The van der Waals surface area contributed by atoms with Gasteiger partial charge in [-0.15, -0.1) is 30.1 Å². The molecule has 0 spiro atoms. The molecule has 1 N–H and O–H groups in total. The molecule has 1 amide bonds. The Balaban J connectivity index is 1.36. The van der Waals surface area contributed by atoms with E-state index in [1.54, 1.807) is 12.3 Å². The highest BCUT2D eigenvalue weighted by Gasteiger charge is 2.18. The number of rotatable bonds is 13. The Morgan fingerprint density at radius 2 is 1.85 bits per heavy atom. The summed E-state index contributed by atoms with van der Waals surface area (Å²) in [6.07, 6.45) is 3.93. The first-order chi connectivity index (χ1) is 19.1. The third-order valence-electron chi connectivity index (χ3n) is 5.69. The van der Waals surface area contributed by atoms with E-state index in [1.165, 1.54) is 17.1 Å². The van der Waals surface area contributed by atoms with Gasteiger partial charge in [0.1, 0.15) is 12.4 Å². The van der Waals surface area contributed by atoms with Crippen LogP contribution in [0.1, 0.15) is 33.8 Å². The summed E-state index contributed by atoms with van der Waals surface area (Å²) in [6, 6.07) is 19.2. The highest BCUT2D eigenvalue weighted by atomic mass is 35.5. The SMILES string of the molecule is C=CCc1cc(/C=N\NC(=O)COc2ccc(C3SCCS3)cc2)cc(OCC)c1OCc1ccccc1Cl. The van der Waals surface area contributed by atoms with Crippen LogP contribution in [-0.2, 0) is 17.8 Å². The van der Waals surface area contributed by atoms with Crippen molar-refractivity contribution in [1.82, 2.24) is 5.43 Å². The van der Waals surface area contributed by atoms with Crippen LogP contribution >= 0.6 is 35.1 Å². The average Bonchev–Trinajstić information content (AvgIpc) is 3.48. The van der Waals surface area contributed by atoms with Gasteiger partial charge < -0.3 is 14.2 Å². The predicted octanol–water partition coefficient (Wildman–Crippen LogP) is 7.05. The van der Waals surface area contributed by atoms with E-state index in [2.05, 4.69) is 29.2 Å². The van der Waals surface area contributed by atoms with Crippen molar-refractivity contribution in [1.29, 1.82) is 0 Å². The maximum absolute atomic E-state index is 12.3. The molecule has 0 atom stereocenters. The quantitative estimate of drug-likeness (QED) is 0.132. The van der Waals surface area contributed by atoms with Crippen LogP contribution in [0.15, 0.2) is 78.4 Å². The molecule has 0 saturated carbocycles. The Morgan fingerprint density at radius 3 is 2.56 bits per heavy atom. The molecule has 0 unspecified atom stereocenters. The van der Waals surface area contributed by atoms with Crippen LogP contribution in [0.25, 0.3) is 0 Å². The van der Waals surface area contributed by atoms with Crippen LogP contribution in [0.5, 0.6) is 17.2 Å². The number of carbonyl (C=O) groups excluding carboxylic acids is 1. The zero-order valence-corrected chi connectivity index (χ0v) is 24.1. The molecule has 6 nitrogen and oxygen atoms in total. The third kappa shape index (κ3) is 8.46. The molecule has 0 aliphatic carbocycles. The fraction of sp³-hybridized carbons (Fsp3) is 0.267. The van der Waals surface area contributed by atoms with Crippen molar-refractivity contribution in [2.24, 2.45) is 5.10 Å². The van der Waals surface area contributed by atoms with E-state index < -0.39 is 0 Å². The van der Waals surface area contributed by atoms with E-state index >= 15 is 0 Å². The smallest absolute Gasteiger partial charge is 0.277 e. The second-order valence-corrected chi connectivity index (χ2v) is 11.7. The first-order valence-electron chi connectivity index (χ1n) is 12.6. The van der Waals surface area contributed by atoms with Crippen LogP contribution in [0.2, 0.25) is 5.02 Å². The molecule has 39 heavy (non-hydrogen) atoms. The molecule has 9 heteroatoms. The molecular weight excluding hydrogens is 552 g/mol. The van der Waals surface area contributed by atoms with Gasteiger partial charge in [-0.1, -0.05) is 48.0 Å². The minimum Gasteiger partial charge on any atom is -0.490 e. The van der Waals surface area contributed by atoms with E-state index in [0.717, 1.165) is 16.7 Å². The van der Waals surface area contributed by atoms with Crippen molar-refractivity contribution in [2.45, 2.75) is 24.5 Å². The molecule has 0 bridgehead atoms. The van der Waals surface area contributed by atoms with E-state index in [1.807, 2.05) is 79.0 Å². The summed E-state index contributed by atoms with van der Waals surface area (Å²) in [7, 11) is 0. The maximum atomic E-state index is 12.3. The van der Waals surface area contributed by atoms with Crippen molar-refractivity contribution in [3.8, 4) is 17.2 Å². The van der Waals surface area contributed by atoms with Crippen molar-refractivity contribution in [3.05, 3.63) is 101 Å². The van der Waals surface area contributed by atoms with E-state index in [-0.39, 0.29) is 12.5 Å². The molecule has 1 saturated heterocycles. The van der Waals surface area contributed by atoms with Crippen molar-refractivity contribution in [2.75, 3.05) is 24.7 Å². The molecule has 3 aromatic rings.